The van der Waals surface area contributed by atoms with Crippen LogP contribution < -0.4 is 34.7 Å². The zero-order valence-electron chi connectivity index (χ0n) is 4.89. The first-order valence-corrected chi connectivity index (χ1v) is 0.471. The first-order valence-electron chi connectivity index (χ1n) is 0.471. The number of hydrogen-bond acceptors (Lipinski definition) is 2. The molecule has 0 aliphatic rings. The van der Waals surface area contributed by atoms with E-state index in [1.807, 2.05) is 0 Å². The third-order valence-corrected chi connectivity index (χ3v) is 0. The SMILES string of the molecule is O.O.O.O.O.O=C[O-].[Na+]. The van der Waals surface area contributed by atoms with Crippen molar-refractivity contribution >= 4 is 6.47 Å². The molecular weight excluding hydrogens is 147 g/mol. The van der Waals surface area contributed by atoms with E-state index in [-0.39, 0.29) is 56.9 Å². The zero-order valence-corrected chi connectivity index (χ0v) is 6.89. The van der Waals surface area contributed by atoms with Gasteiger partial charge in [-0.2, -0.15) is 0 Å². The van der Waals surface area contributed by atoms with Crippen molar-refractivity contribution in [1.82, 2.24) is 0 Å². The minimum atomic E-state index is -0.500. The smallest absolute Gasteiger partial charge is 0.554 e. The fraction of sp³-hybridized carbons (Fsp3) is 0. The summed E-state index contributed by atoms with van der Waals surface area (Å²) in [6, 6.07) is 0. The van der Waals surface area contributed by atoms with Crippen molar-refractivity contribution in [2.75, 3.05) is 0 Å². The molecule has 0 unspecified atom stereocenters. The van der Waals surface area contributed by atoms with Gasteiger partial charge in [-0.15, -0.1) is 0 Å². The van der Waals surface area contributed by atoms with Crippen molar-refractivity contribution in [1.29, 1.82) is 0 Å². The van der Waals surface area contributed by atoms with E-state index in [1.165, 1.54) is 0 Å². The standard InChI is InChI=1S/CH2O2.Na.5H2O/c2-1-3;;;;;;/h1H,(H,2,3);;5*1H2/q;+1;;;;;/p-1. The molecule has 58 valence electrons. The van der Waals surface area contributed by atoms with Gasteiger partial charge < -0.3 is 37.3 Å². The molecular formula is CH11NaO7. The third kappa shape index (κ3) is 4460. The summed E-state index contributed by atoms with van der Waals surface area (Å²) >= 11 is 0. The van der Waals surface area contributed by atoms with Crippen molar-refractivity contribution in [3.05, 3.63) is 0 Å². The van der Waals surface area contributed by atoms with E-state index < -0.39 is 6.47 Å². The Kier molecular flexibility index (Phi) is 3700. The molecule has 7 nitrogen and oxygen atoms in total. The Morgan fingerprint density at radius 3 is 0.889 bits per heavy atom. The van der Waals surface area contributed by atoms with Gasteiger partial charge in [-0.1, -0.05) is 0 Å². The van der Waals surface area contributed by atoms with Crippen molar-refractivity contribution in [2.24, 2.45) is 0 Å². The summed E-state index contributed by atoms with van der Waals surface area (Å²) in [6.07, 6.45) is 0. The number of hydrogen-bond donors (Lipinski definition) is 0. The van der Waals surface area contributed by atoms with Crippen LogP contribution in [0.25, 0.3) is 0 Å². The maximum absolute atomic E-state index is 8.25. The minimum absolute atomic E-state index is 0. The Balaban J connectivity index is -0.00000000133. The van der Waals surface area contributed by atoms with E-state index >= 15 is 0 Å². The van der Waals surface area contributed by atoms with Crippen LogP contribution in [0.1, 0.15) is 0 Å². The van der Waals surface area contributed by atoms with Crippen molar-refractivity contribution in [2.45, 2.75) is 0 Å². The Hall–Kier alpha value is 0.270. The molecule has 0 rings (SSSR count). The second-order valence-electron chi connectivity index (χ2n) is 0.0962. The van der Waals surface area contributed by atoms with Gasteiger partial charge in [-0.25, -0.2) is 0 Å². The predicted molar refractivity (Wildman–Crippen MR) is 24.1 cm³/mol. The molecule has 0 atom stereocenters. The predicted octanol–water partition coefficient (Wildman–Crippen LogP) is -8.75. The maximum Gasteiger partial charge on any atom is 1.00 e. The average molecular weight is 158 g/mol. The molecule has 0 saturated carbocycles. The summed E-state index contributed by atoms with van der Waals surface area (Å²) in [5.41, 5.74) is 0. The molecule has 0 spiro atoms. The van der Waals surface area contributed by atoms with Crippen LogP contribution in [0.2, 0.25) is 0 Å². The van der Waals surface area contributed by atoms with Crippen LogP contribution >= 0.6 is 0 Å². The summed E-state index contributed by atoms with van der Waals surface area (Å²) in [5.74, 6) is 0. The third-order valence-electron chi connectivity index (χ3n) is 0. The van der Waals surface area contributed by atoms with E-state index in [1.54, 1.807) is 0 Å². The summed E-state index contributed by atoms with van der Waals surface area (Å²) in [6.45, 7) is -0.500. The monoisotopic (exact) mass is 158 g/mol. The Labute approximate surface area is 73.5 Å². The van der Waals surface area contributed by atoms with Crippen LogP contribution in [0, 0.1) is 0 Å². The molecule has 8 heteroatoms. The van der Waals surface area contributed by atoms with Gasteiger partial charge >= 0.3 is 29.6 Å². The first kappa shape index (κ1) is 123. The zero-order chi connectivity index (χ0) is 2.71. The number of rotatable bonds is 0. The van der Waals surface area contributed by atoms with Gasteiger partial charge in [0.05, 0.1) is 0 Å². The van der Waals surface area contributed by atoms with Gasteiger partial charge in [0.1, 0.15) is 0 Å². The largest absolute Gasteiger partial charge is 1.00 e. The molecule has 0 saturated heterocycles. The Morgan fingerprint density at radius 2 is 0.889 bits per heavy atom. The second kappa shape index (κ2) is 271. The van der Waals surface area contributed by atoms with Crippen LogP contribution in [-0.4, -0.2) is 33.9 Å². The summed E-state index contributed by atoms with van der Waals surface area (Å²) < 4.78 is 0. The van der Waals surface area contributed by atoms with Gasteiger partial charge in [-0.05, 0) is 0 Å². The van der Waals surface area contributed by atoms with Crippen LogP contribution in [0.4, 0.5) is 0 Å². The van der Waals surface area contributed by atoms with Gasteiger partial charge in [0.25, 0.3) is 0 Å². The van der Waals surface area contributed by atoms with Gasteiger partial charge in [0, 0.05) is 6.47 Å². The Bertz CT molecular complexity index is 16.4. The van der Waals surface area contributed by atoms with Crippen LogP contribution in [0.3, 0.4) is 0 Å². The quantitative estimate of drug-likeness (QED) is 0.249. The average Bonchev–Trinajstić information content (AvgIpc) is 0.918. The fourth-order valence-electron chi connectivity index (χ4n) is 0. The van der Waals surface area contributed by atoms with Gasteiger partial charge in [-0.3, -0.25) is 0 Å². The summed E-state index contributed by atoms with van der Waals surface area (Å²) in [4.78, 5) is 8.25. The van der Waals surface area contributed by atoms with Crippen LogP contribution in [-0.2, 0) is 4.79 Å². The molecule has 0 fully saturated rings. The molecule has 0 aromatic carbocycles. The molecule has 0 aromatic rings. The van der Waals surface area contributed by atoms with E-state index in [2.05, 4.69) is 0 Å². The topological polar surface area (TPSA) is 198 Å². The Morgan fingerprint density at radius 1 is 0.889 bits per heavy atom. The molecule has 10 N–H and O–H groups in total. The van der Waals surface area contributed by atoms with Gasteiger partial charge in [0.15, 0.2) is 0 Å². The minimum Gasteiger partial charge on any atom is -0.554 e. The molecule has 0 radical (unpaired) electrons. The fourth-order valence-corrected chi connectivity index (χ4v) is 0. The van der Waals surface area contributed by atoms with E-state index in [9.17, 15) is 0 Å². The molecule has 0 heterocycles. The summed E-state index contributed by atoms with van der Waals surface area (Å²) in [7, 11) is 0. The van der Waals surface area contributed by atoms with E-state index in [0.29, 0.717) is 0 Å². The normalized spacial score (nSPS) is 1.33. The van der Waals surface area contributed by atoms with Crippen LogP contribution in [0.15, 0.2) is 0 Å². The molecule has 0 amide bonds. The van der Waals surface area contributed by atoms with Crippen molar-refractivity contribution < 1.29 is 66.8 Å². The van der Waals surface area contributed by atoms with Crippen LogP contribution in [0.5, 0.6) is 0 Å². The summed E-state index contributed by atoms with van der Waals surface area (Å²) in [5, 5.41) is 8.25. The number of carbonyl (C=O) groups is 1. The second-order valence-corrected chi connectivity index (χ2v) is 0.0962. The first-order chi connectivity index (χ1) is 1.41. The number of carboxylic acid groups (broad SMARTS) is 1. The van der Waals surface area contributed by atoms with Crippen molar-refractivity contribution in [3.8, 4) is 0 Å². The van der Waals surface area contributed by atoms with Gasteiger partial charge in [0.2, 0.25) is 0 Å². The molecule has 0 aromatic heterocycles. The molecule has 0 aliphatic heterocycles. The van der Waals surface area contributed by atoms with Crippen molar-refractivity contribution in [3.63, 3.8) is 0 Å². The maximum atomic E-state index is 8.25. The van der Waals surface area contributed by atoms with E-state index in [0.717, 1.165) is 0 Å². The molecule has 9 heavy (non-hydrogen) atoms. The molecule has 0 bridgehead atoms. The molecule has 0 aliphatic carbocycles. The van der Waals surface area contributed by atoms with E-state index in [4.69, 9.17) is 9.90 Å². The number of carbonyl (C=O) groups excluding carboxylic acids is 1.